The summed E-state index contributed by atoms with van der Waals surface area (Å²) in [6, 6.07) is 13.7. The monoisotopic (exact) mass is 307 g/mol. The molecule has 1 atom stereocenters. The summed E-state index contributed by atoms with van der Waals surface area (Å²) in [6.45, 7) is 0. The van der Waals surface area contributed by atoms with Gasteiger partial charge in [-0.05, 0) is 42.2 Å². The predicted molar refractivity (Wildman–Crippen MR) is 88.0 cm³/mol. The first-order valence-corrected chi connectivity index (χ1v) is 7.69. The number of hydrogen-bond donors (Lipinski definition) is 1. The van der Waals surface area contributed by atoms with Crippen LogP contribution in [0, 0.1) is 0 Å². The van der Waals surface area contributed by atoms with E-state index in [0.29, 0.717) is 0 Å². The molecule has 0 aliphatic heterocycles. The summed E-state index contributed by atoms with van der Waals surface area (Å²) in [5.74, 6) is -0.101. The molecule has 1 N–H and O–H groups in total. The van der Waals surface area contributed by atoms with Crippen LogP contribution in [-0.2, 0) is 16.0 Å². The molecule has 1 aliphatic rings. The quantitative estimate of drug-likeness (QED) is 0.737. The van der Waals surface area contributed by atoms with Crippen molar-refractivity contribution in [1.82, 2.24) is 4.57 Å². The number of aromatic nitrogens is 1. The Hall–Kier alpha value is -2.75. The predicted octanol–water partition coefficient (Wildman–Crippen LogP) is 3.54. The summed E-state index contributed by atoms with van der Waals surface area (Å²) in [5, 5.41) is 12.3. The van der Waals surface area contributed by atoms with Crippen LogP contribution in [0.3, 0.4) is 0 Å². The molecule has 1 unspecified atom stereocenters. The van der Waals surface area contributed by atoms with Crippen LogP contribution >= 0.6 is 0 Å². The van der Waals surface area contributed by atoms with Gasteiger partial charge in [-0.2, -0.15) is 0 Å². The van der Waals surface area contributed by atoms with Crippen molar-refractivity contribution in [3.8, 4) is 11.6 Å². The molecule has 0 spiro atoms. The summed E-state index contributed by atoms with van der Waals surface area (Å²) < 4.78 is 6.67. The number of aromatic hydroxyl groups is 1. The zero-order chi connectivity index (χ0) is 16.0. The van der Waals surface area contributed by atoms with E-state index in [9.17, 15) is 9.90 Å². The lowest BCUT2D eigenvalue weighted by Gasteiger charge is -2.11. The molecule has 1 heterocycles. The van der Waals surface area contributed by atoms with Crippen LogP contribution in [0.4, 0.5) is 0 Å². The number of rotatable bonds is 2. The summed E-state index contributed by atoms with van der Waals surface area (Å²) in [6.07, 6.45) is 3.56. The van der Waals surface area contributed by atoms with E-state index in [2.05, 4.69) is 6.07 Å². The Morgan fingerprint density at radius 1 is 1.26 bits per heavy atom. The fourth-order valence-corrected chi connectivity index (χ4v) is 3.48. The highest BCUT2D eigenvalue weighted by Crippen LogP contribution is 2.37. The second kappa shape index (κ2) is 5.16. The molecule has 4 nitrogen and oxygen atoms in total. The van der Waals surface area contributed by atoms with Crippen molar-refractivity contribution in [3.05, 3.63) is 59.8 Å². The maximum atomic E-state index is 11.8. The highest BCUT2D eigenvalue weighted by atomic mass is 16.5. The molecule has 3 aromatic rings. The van der Waals surface area contributed by atoms with E-state index in [1.807, 2.05) is 42.6 Å². The lowest BCUT2D eigenvalue weighted by Crippen LogP contribution is -2.11. The molecular formula is C19H17NO3. The van der Waals surface area contributed by atoms with Gasteiger partial charge in [-0.25, -0.2) is 0 Å². The third-order valence-electron chi connectivity index (χ3n) is 4.67. The summed E-state index contributed by atoms with van der Waals surface area (Å²) in [7, 11) is 1.43. The van der Waals surface area contributed by atoms with E-state index in [4.69, 9.17) is 4.74 Å². The number of nitrogens with zero attached hydrogens (tertiary/aromatic N) is 1. The number of hydrogen-bond acceptors (Lipinski definition) is 3. The van der Waals surface area contributed by atoms with E-state index in [1.54, 1.807) is 4.57 Å². The number of aryl methyl sites for hydroxylation is 1. The molecule has 0 bridgehead atoms. The second-order valence-corrected chi connectivity index (χ2v) is 5.91. The number of methoxy groups -OCH3 is 1. The highest BCUT2D eigenvalue weighted by molar-refractivity contribution is 5.88. The molecule has 0 saturated heterocycles. The van der Waals surface area contributed by atoms with Gasteiger partial charge in [-0.15, -0.1) is 0 Å². The first-order valence-electron chi connectivity index (χ1n) is 7.69. The Labute approximate surface area is 133 Å². The van der Waals surface area contributed by atoms with Crippen molar-refractivity contribution in [1.29, 1.82) is 0 Å². The molecule has 0 radical (unpaired) electrons. The summed E-state index contributed by atoms with van der Waals surface area (Å²) >= 11 is 0. The molecule has 116 valence electrons. The lowest BCUT2D eigenvalue weighted by molar-refractivity contribution is -0.142. The fourth-order valence-electron chi connectivity index (χ4n) is 3.48. The third-order valence-corrected chi connectivity index (χ3v) is 4.67. The normalized spacial score (nSPS) is 16.5. The van der Waals surface area contributed by atoms with Gasteiger partial charge in [-0.3, -0.25) is 9.36 Å². The van der Waals surface area contributed by atoms with Gasteiger partial charge in [0, 0.05) is 22.7 Å². The number of benzene rings is 2. The average molecular weight is 307 g/mol. The SMILES string of the molecule is COC(=O)C1CCc2cc(-n3cc4ccccc4c3O)ccc21. The molecule has 1 aromatic heterocycles. The molecule has 0 saturated carbocycles. The summed E-state index contributed by atoms with van der Waals surface area (Å²) in [4.78, 5) is 11.8. The van der Waals surface area contributed by atoms with Crippen molar-refractivity contribution in [3.63, 3.8) is 0 Å². The number of fused-ring (bicyclic) bond motifs is 2. The topological polar surface area (TPSA) is 51.5 Å². The van der Waals surface area contributed by atoms with Gasteiger partial charge in [0.15, 0.2) is 0 Å². The van der Waals surface area contributed by atoms with Crippen molar-refractivity contribution >= 4 is 16.7 Å². The molecule has 23 heavy (non-hydrogen) atoms. The van der Waals surface area contributed by atoms with E-state index >= 15 is 0 Å². The van der Waals surface area contributed by atoms with Gasteiger partial charge >= 0.3 is 5.97 Å². The molecular weight excluding hydrogens is 290 g/mol. The van der Waals surface area contributed by atoms with Crippen molar-refractivity contribution in [2.45, 2.75) is 18.8 Å². The first-order chi connectivity index (χ1) is 11.2. The minimum Gasteiger partial charge on any atom is -0.494 e. The molecule has 4 heteroatoms. The van der Waals surface area contributed by atoms with Gasteiger partial charge in [0.1, 0.15) is 0 Å². The lowest BCUT2D eigenvalue weighted by atomic mass is 10.0. The Morgan fingerprint density at radius 2 is 2.09 bits per heavy atom. The third kappa shape index (κ3) is 2.10. The van der Waals surface area contributed by atoms with Gasteiger partial charge in [0.25, 0.3) is 0 Å². The van der Waals surface area contributed by atoms with Crippen molar-refractivity contribution < 1.29 is 14.6 Å². The summed E-state index contributed by atoms with van der Waals surface area (Å²) in [5.41, 5.74) is 3.09. The minimum absolute atomic E-state index is 0.165. The molecule has 4 rings (SSSR count). The number of ether oxygens (including phenoxy) is 1. The zero-order valence-electron chi connectivity index (χ0n) is 12.8. The molecule has 1 aliphatic carbocycles. The van der Waals surface area contributed by atoms with E-state index in [1.165, 1.54) is 7.11 Å². The van der Waals surface area contributed by atoms with E-state index < -0.39 is 0 Å². The average Bonchev–Trinajstić information content (AvgIpc) is 3.15. The molecule has 2 aromatic carbocycles. The molecule has 0 fully saturated rings. The number of carbonyl (C=O) groups excluding carboxylic acids is 1. The second-order valence-electron chi connectivity index (χ2n) is 5.91. The Balaban J connectivity index is 1.79. The zero-order valence-corrected chi connectivity index (χ0v) is 12.8. The highest BCUT2D eigenvalue weighted by Gasteiger charge is 2.29. The smallest absolute Gasteiger partial charge is 0.313 e. The molecule has 0 amide bonds. The maximum Gasteiger partial charge on any atom is 0.313 e. The van der Waals surface area contributed by atoms with Crippen LogP contribution in [0.25, 0.3) is 16.5 Å². The van der Waals surface area contributed by atoms with Crippen LogP contribution in [0.5, 0.6) is 5.88 Å². The van der Waals surface area contributed by atoms with E-state index in [0.717, 1.165) is 40.4 Å². The Bertz CT molecular complexity index is 910. The van der Waals surface area contributed by atoms with Gasteiger partial charge in [0.05, 0.1) is 13.0 Å². The van der Waals surface area contributed by atoms with Crippen molar-refractivity contribution in [2.75, 3.05) is 7.11 Å². The van der Waals surface area contributed by atoms with E-state index in [-0.39, 0.29) is 17.8 Å². The van der Waals surface area contributed by atoms with Gasteiger partial charge in [-0.1, -0.05) is 24.3 Å². The van der Waals surface area contributed by atoms with Crippen LogP contribution in [0.15, 0.2) is 48.7 Å². The largest absolute Gasteiger partial charge is 0.494 e. The van der Waals surface area contributed by atoms with Gasteiger partial charge in [0.2, 0.25) is 5.88 Å². The number of carbonyl (C=O) groups is 1. The van der Waals surface area contributed by atoms with Crippen molar-refractivity contribution in [2.24, 2.45) is 0 Å². The van der Waals surface area contributed by atoms with Crippen LogP contribution in [-0.4, -0.2) is 22.8 Å². The minimum atomic E-state index is -0.175. The standard InChI is InChI=1S/C19H17NO3/c1-23-19(22)17-8-6-12-10-14(7-9-15(12)17)20-11-13-4-2-3-5-16(13)18(20)21/h2-5,7,9-11,17,21H,6,8H2,1H3. The van der Waals surface area contributed by atoms with Crippen LogP contribution in [0.1, 0.15) is 23.5 Å². The maximum absolute atomic E-state index is 11.8. The van der Waals surface area contributed by atoms with Crippen LogP contribution < -0.4 is 0 Å². The Kier molecular flexibility index (Phi) is 3.11. The first kappa shape index (κ1) is 13.9. The number of esters is 1. The van der Waals surface area contributed by atoms with Crippen LogP contribution in [0.2, 0.25) is 0 Å². The van der Waals surface area contributed by atoms with Gasteiger partial charge < -0.3 is 9.84 Å². The fraction of sp³-hybridized carbons (Fsp3) is 0.211. The Morgan fingerprint density at radius 3 is 2.87 bits per heavy atom.